The molecule has 0 aliphatic carbocycles. The van der Waals surface area contributed by atoms with Gasteiger partial charge in [-0.25, -0.2) is 24.3 Å². The second-order valence-corrected chi connectivity index (χ2v) is 8.28. The summed E-state index contributed by atoms with van der Waals surface area (Å²) < 4.78 is 13.5. The van der Waals surface area contributed by atoms with E-state index in [9.17, 15) is 4.39 Å². The molecule has 162 valence electrons. The number of para-hydroxylation sites is 1. The fraction of sp³-hybridized carbons (Fsp3) is 0.154. The number of benzene rings is 2. The summed E-state index contributed by atoms with van der Waals surface area (Å²) in [5.41, 5.74) is 7.38. The third kappa shape index (κ3) is 3.76. The van der Waals surface area contributed by atoms with Gasteiger partial charge in [-0.3, -0.25) is 4.90 Å². The van der Waals surface area contributed by atoms with Gasteiger partial charge in [-0.15, -0.1) is 0 Å². The highest BCUT2D eigenvalue weighted by Crippen LogP contribution is 2.32. The van der Waals surface area contributed by atoms with Crippen molar-refractivity contribution in [2.24, 2.45) is 0 Å². The molecule has 0 spiro atoms. The highest BCUT2D eigenvalue weighted by molar-refractivity contribution is 5.90. The van der Waals surface area contributed by atoms with Gasteiger partial charge in [0.15, 0.2) is 5.82 Å². The molecule has 1 aliphatic heterocycles. The SMILES string of the molecule is Fc1ccc(-c2[nH]c3ccccc3c2CN2CCc3nc(-c4cncnc4)ncc3C2)cc1. The van der Waals surface area contributed by atoms with E-state index in [1.54, 1.807) is 12.4 Å². The second-order valence-electron chi connectivity index (χ2n) is 8.28. The van der Waals surface area contributed by atoms with Gasteiger partial charge in [0, 0.05) is 61.1 Å². The lowest BCUT2D eigenvalue weighted by Gasteiger charge is -2.28. The molecule has 3 aromatic heterocycles. The molecule has 0 fully saturated rings. The Morgan fingerprint density at radius 3 is 2.61 bits per heavy atom. The van der Waals surface area contributed by atoms with E-state index in [1.807, 2.05) is 24.4 Å². The summed E-state index contributed by atoms with van der Waals surface area (Å²) in [7, 11) is 0. The molecule has 0 saturated carbocycles. The Bertz CT molecular complexity index is 1430. The van der Waals surface area contributed by atoms with E-state index in [0.29, 0.717) is 5.82 Å². The van der Waals surface area contributed by atoms with Crippen molar-refractivity contribution in [3.8, 4) is 22.6 Å². The fourth-order valence-electron chi connectivity index (χ4n) is 4.51. The first-order valence-corrected chi connectivity index (χ1v) is 10.9. The standard InChI is InChI=1S/C26H21FN6/c27-20-7-5-17(6-8-20)25-22(21-3-1-2-4-24(21)31-25)15-33-10-9-23-19(14-33)13-30-26(32-23)18-11-28-16-29-12-18/h1-8,11-13,16,31H,9-10,14-15H2. The molecule has 0 saturated heterocycles. The third-order valence-corrected chi connectivity index (χ3v) is 6.16. The lowest BCUT2D eigenvalue weighted by molar-refractivity contribution is 0.244. The largest absolute Gasteiger partial charge is 0.354 e. The molecular formula is C26H21FN6. The normalized spacial score (nSPS) is 13.8. The van der Waals surface area contributed by atoms with E-state index in [-0.39, 0.29) is 5.82 Å². The minimum atomic E-state index is -0.231. The Morgan fingerprint density at radius 1 is 0.939 bits per heavy atom. The monoisotopic (exact) mass is 436 g/mol. The zero-order chi connectivity index (χ0) is 22.2. The second kappa shape index (κ2) is 8.18. The molecule has 0 unspecified atom stereocenters. The van der Waals surface area contributed by atoms with Gasteiger partial charge in [-0.05, 0) is 41.5 Å². The predicted octanol–water partition coefficient (Wildman–Crippen LogP) is 4.78. The lowest BCUT2D eigenvalue weighted by atomic mass is 10.0. The molecule has 6 nitrogen and oxygen atoms in total. The van der Waals surface area contributed by atoms with Crippen LogP contribution in [-0.4, -0.2) is 36.4 Å². The van der Waals surface area contributed by atoms with Gasteiger partial charge >= 0.3 is 0 Å². The number of rotatable bonds is 4. The van der Waals surface area contributed by atoms with Crippen molar-refractivity contribution in [3.63, 3.8) is 0 Å². The van der Waals surface area contributed by atoms with Gasteiger partial charge in [-0.1, -0.05) is 18.2 Å². The number of nitrogens with one attached hydrogen (secondary N) is 1. The highest BCUT2D eigenvalue weighted by Gasteiger charge is 2.22. The maximum absolute atomic E-state index is 13.5. The maximum Gasteiger partial charge on any atom is 0.162 e. The number of aromatic nitrogens is 5. The van der Waals surface area contributed by atoms with Gasteiger partial charge in [0.2, 0.25) is 0 Å². The van der Waals surface area contributed by atoms with Gasteiger partial charge in [0.1, 0.15) is 12.1 Å². The van der Waals surface area contributed by atoms with Crippen LogP contribution in [0.2, 0.25) is 0 Å². The van der Waals surface area contributed by atoms with Crippen LogP contribution in [0.25, 0.3) is 33.5 Å². The van der Waals surface area contributed by atoms with Crippen molar-refractivity contribution < 1.29 is 4.39 Å². The first-order chi connectivity index (χ1) is 16.2. The number of fused-ring (bicyclic) bond motifs is 2. The van der Waals surface area contributed by atoms with Crippen LogP contribution in [-0.2, 0) is 19.5 Å². The van der Waals surface area contributed by atoms with E-state index >= 15 is 0 Å². The number of aromatic amines is 1. The van der Waals surface area contributed by atoms with Gasteiger partial charge in [-0.2, -0.15) is 0 Å². The van der Waals surface area contributed by atoms with Crippen LogP contribution in [0.3, 0.4) is 0 Å². The topological polar surface area (TPSA) is 70.6 Å². The Labute approximate surface area is 190 Å². The molecule has 2 aromatic carbocycles. The fourth-order valence-corrected chi connectivity index (χ4v) is 4.51. The van der Waals surface area contributed by atoms with Crippen LogP contribution in [0, 0.1) is 5.82 Å². The third-order valence-electron chi connectivity index (χ3n) is 6.16. The van der Waals surface area contributed by atoms with Crippen LogP contribution in [0.15, 0.2) is 73.4 Å². The lowest BCUT2D eigenvalue weighted by Crippen LogP contribution is -2.31. The van der Waals surface area contributed by atoms with Crippen molar-refractivity contribution in [3.05, 3.63) is 96.1 Å². The van der Waals surface area contributed by atoms with E-state index in [1.165, 1.54) is 29.4 Å². The van der Waals surface area contributed by atoms with Crippen molar-refractivity contribution in [2.45, 2.75) is 19.5 Å². The molecule has 0 radical (unpaired) electrons. The Balaban J connectivity index is 1.31. The number of H-pyrrole nitrogens is 1. The first kappa shape index (κ1) is 19.7. The summed E-state index contributed by atoms with van der Waals surface area (Å²) in [6.07, 6.45) is 7.75. The quantitative estimate of drug-likeness (QED) is 0.439. The van der Waals surface area contributed by atoms with E-state index in [4.69, 9.17) is 4.98 Å². The minimum absolute atomic E-state index is 0.231. The zero-order valence-corrected chi connectivity index (χ0v) is 17.9. The molecule has 6 rings (SSSR count). The van der Waals surface area contributed by atoms with E-state index < -0.39 is 0 Å². The van der Waals surface area contributed by atoms with Gasteiger partial charge in [0.25, 0.3) is 0 Å². The molecular weight excluding hydrogens is 415 g/mol. The van der Waals surface area contributed by atoms with Gasteiger partial charge < -0.3 is 4.98 Å². The number of nitrogens with zero attached hydrogens (tertiary/aromatic N) is 5. The summed E-state index contributed by atoms with van der Waals surface area (Å²) in [4.78, 5) is 23.4. The summed E-state index contributed by atoms with van der Waals surface area (Å²) in [6.45, 7) is 2.46. The summed E-state index contributed by atoms with van der Waals surface area (Å²) in [6, 6.07) is 15.0. The molecule has 0 atom stereocenters. The Morgan fingerprint density at radius 2 is 1.76 bits per heavy atom. The summed E-state index contributed by atoms with van der Waals surface area (Å²) in [5, 5.41) is 1.19. The summed E-state index contributed by atoms with van der Waals surface area (Å²) >= 11 is 0. The molecule has 0 bridgehead atoms. The van der Waals surface area contributed by atoms with Crippen LogP contribution in [0.4, 0.5) is 4.39 Å². The van der Waals surface area contributed by atoms with Crippen LogP contribution in [0.5, 0.6) is 0 Å². The predicted molar refractivity (Wildman–Crippen MR) is 125 cm³/mol. The number of hydrogen-bond acceptors (Lipinski definition) is 5. The van der Waals surface area contributed by atoms with Crippen molar-refractivity contribution in [1.29, 1.82) is 0 Å². The molecule has 1 aliphatic rings. The average Bonchev–Trinajstić information content (AvgIpc) is 3.23. The Hall–Kier alpha value is -3.97. The van der Waals surface area contributed by atoms with Crippen LogP contribution in [0.1, 0.15) is 16.8 Å². The zero-order valence-electron chi connectivity index (χ0n) is 17.9. The van der Waals surface area contributed by atoms with Crippen molar-refractivity contribution in [2.75, 3.05) is 6.54 Å². The van der Waals surface area contributed by atoms with Gasteiger partial charge in [0.05, 0.1) is 17.0 Å². The molecule has 5 aromatic rings. The molecule has 0 amide bonds. The van der Waals surface area contributed by atoms with E-state index in [2.05, 4.69) is 43.0 Å². The van der Waals surface area contributed by atoms with Crippen molar-refractivity contribution in [1.82, 2.24) is 29.8 Å². The van der Waals surface area contributed by atoms with Crippen molar-refractivity contribution >= 4 is 10.9 Å². The average molecular weight is 436 g/mol. The molecule has 1 N–H and O–H groups in total. The van der Waals surface area contributed by atoms with Crippen LogP contribution >= 0.6 is 0 Å². The first-order valence-electron chi connectivity index (χ1n) is 10.9. The number of hydrogen-bond donors (Lipinski definition) is 1. The molecule has 4 heterocycles. The minimum Gasteiger partial charge on any atom is -0.354 e. The van der Waals surface area contributed by atoms with Crippen LogP contribution < -0.4 is 0 Å². The molecule has 7 heteroatoms. The van der Waals surface area contributed by atoms with E-state index in [0.717, 1.165) is 59.7 Å². The smallest absolute Gasteiger partial charge is 0.162 e. The number of halogens is 1. The summed E-state index contributed by atoms with van der Waals surface area (Å²) in [5.74, 6) is 0.434. The Kier molecular flexibility index (Phi) is 4.88. The highest BCUT2D eigenvalue weighted by atomic mass is 19.1. The molecule has 33 heavy (non-hydrogen) atoms. The maximum atomic E-state index is 13.5.